The first-order valence-corrected chi connectivity index (χ1v) is 10.3. The third-order valence-electron chi connectivity index (χ3n) is 4.50. The van der Waals surface area contributed by atoms with E-state index in [0.717, 1.165) is 27.7 Å². The van der Waals surface area contributed by atoms with Crippen molar-refractivity contribution < 1.29 is 9.53 Å². The fourth-order valence-electron chi connectivity index (χ4n) is 2.95. The van der Waals surface area contributed by atoms with E-state index in [-0.39, 0.29) is 5.91 Å². The maximum Gasteiger partial charge on any atom is 0.255 e. The van der Waals surface area contributed by atoms with E-state index in [1.807, 2.05) is 37.3 Å². The van der Waals surface area contributed by atoms with Gasteiger partial charge in [-0.15, -0.1) is 5.10 Å². The lowest BCUT2D eigenvalue weighted by atomic mass is 10.2. The van der Waals surface area contributed by atoms with Gasteiger partial charge in [-0.3, -0.25) is 4.79 Å². The van der Waals surface area contributed by atoms with Crippen molar-refractivity contribution in [2.24, 2.45) is 0 Å². The van der Waals surface area contributed by atoms with Crippen molar-refractivity contribution in [3.63, 3.8) is 0 Å². The van der Waals surface area contributed by atoms with Crippen molar-refractivity contribution in [1.82, 2.24) is 19.6 Å². The van der Waals surface area contributed by atoms with Crippen LogP contribution in [0.3, 0.4) is 0 Å². The van der Waals surface area contributed by atoms with Crippen LogP contribution in [0.1, 0.15) is 28.8 Å². The third kappa shape index (κ3) is 4.13. The van der Waals surface area contributed by atoms with E-state index in [1.165, 1.54) is 11.8 Å². The Hall–Kier alpha value is -3.39. The normalized spacial score (nSPS) is 10.9. The van der Waals surface area contributed by atoms with E-state index in [1.54, 1.807) is 35.9 Å². The number of para-hydroxylation sites is 1. The maximum atomic E-state index is 12.7. The summed E-state index contributed by atoms with van der Waals surface area (Å²) in [5, 5.41) is 8.36. The summed E-state index contributed by atoms with van der Waals surface area (Å²) >= 11 is 1.52. The molecule has 0 spiro atoms. The molecule has 0 aliphatic carbocycles. The van der Waals surface area contributed by atoms with E-state index in [4.69, 9.17) is 4.74 Å². The number of methoxy groups -OCH3 is 1. The van der Waals surface area contributed by atoms with E-state index >= 15 is 0 Å². The zero-order chi connectivity index (χ0) is 21.1. The number of carbonyl (C=O) groups is 1. The van der Waals surface area contributed by atoms with Gasteiger partial charge in [0.1, 0.15) is 16.6 Å². The minimum Gasteiger partial charge on any atom is -0.497 e. The van der Waals surface area contributed by atoms with E-state index in [9.17, 15) is 4.79 Å². The number of nitrogens with one attached hydrogen (secondary N) is 1. The monoisotopic (exact) mass is 419 g/mol. The van der Waals surface area contributed by atoms with Gasteiger partial charge in [-0.05, 0) is 55.8 Å². The van der Waals surface area contributed by atoms with Gasteiger partial charge in [0.25, 0.3) is 11.7 Å². The molecule has 0 bridgehead atoms. The molecule has 8 heteroatoms. The van der Waals surface area contributed by atoms with Gasteiger partial charge in [0, 0.05) is 16.2 Å². The average molecular weight is 420 g/mol. The Balaban J connectivity index is 1.64. The quantitative estimate of drug-likeness (QED) is 0.466. The summed E-state index contributed by atoms with van der Waals surface area (Å²) in [7, 11) is 1.60. The second-order valence-electron chi connectivity index (χ2n) is 6.59. The SMILES string of the molecule is CCc1cc(Sc2ccccc2NC(=O)c2ccc(OC)cc2)n2nc(C)nc2n1. The van der Waals surface area contributed by atoms with E-state index < -0.39 is 0 Å². The molecule has 30 heavy (non-hydrogen) atoms. The molecule has 0 atom stereocenters. The van der Waals surface area contributed by atoms with Gasteiger partial charge >= 0.3 is 0 Å². The van der Waals surface area contributed by atoms with Crippen LogP contribution >= 0.6 is 11.8 Å². The minimum atomic E-state index is -0.184. The fraction of sp³-hybridized carbons (Fsp3) is 0.182. The second kappa shape index (κ2) is 8.54. The van der Waals surface area contributed by atoms with Crippen molar-refractivity contribution >= 4 is 29.1 Å². The van der Waals surface area contributed by atoms with E-state index in [0.29, 0.717) is 22.9 Å². The zero-order valence-corrected chi connectivity index (χ0v) is 17.7. The number of benzene rings is 2. The summed E-state index contributed by atoms with van der Waals surface area (Å²) in [5.74, 6) is 1.77. The molecule has 0 unspecified atom stereocenters. The van der Waals surface area contributed by atoms with Gasteiger partial charge in [0.05, 0.1) is 12.8 Å². The molecule has 2 aromatic carbocycles. The lowest BCUT2D eigenvalue weighted by molar-refractivity contribution is 0.102. The van der Waals surface area contributed by atoms with Crippen molar-refractivity contribution in [1.29, 1.82) is 0 Å². The summed E-state index contributed by atoms with van der Waals surface area (Å²) < 4.78 is 6.89. The molecule has 0 radical (unpaired) electrons. The van der Waals surface area contributed by atoms with Crippen LogP contribution in [-0.2, 0) is 6.42 Å². The molecular weight excluding hydrogens is 398 g/mol. The number of aromatic nitrogens is 4. The fourth-order valence-corrected chi connectivity index (χ4v) is 3.96. The largest absolute Gasteiger partial charge is 0.497 e. The van der Waals surface area contributed by atoms with Gasteiger partial charge < -0.3 is 10.1 Å². The Morgan fingerprint density at radius 1 is 1.13 bits per heavy atom. The standard InChI is InChI=1S/C22H21N5O2S/c1-4-16-13-20(27-22(24-16)23-14(2)26-27)30-19-8-6-5-7-18(19)25-21(28)15-9-11-17(29-3)12-10-15/h5-13H,4H2,1-3H3,(H,25,28). The summed E-state index contributed by atoms with van der Waals surface area (Å²) in [6.07, 6.45) is 0.797. The molecule has 7 nitrogen and oxygen atoms in total. The highest BCUT2D eigenvalue weighted by molar-refractivity contribution is 7.99. The van der Waals surface area contributed by atoms with Crippen LogP contribution in [0.25, 0.3) is 5.78 Å². The van der Waals surface area contributed by atoms with Gasteiger partial charge in [-0.1, -0.05) is 30.8 Å². The molecule has 4 aromatic rings. The molecule has 0 fully saturated rings. The summed E-state index contributed by atoms with van der Waals surface area (Å²) in [5.41, 5.74) is 2.22. The Bertz CT molecular complexity index is 1200. The number of hydrogen-bond donors (Lipinski definition) is 1. The molecule has 152 valence electrons. The second-order valence-corrected chi connectivity index (χ2v) is 7.65. The first-order chi connectivity index (χ1) is 14.6. The van der Waals surface area contributed by atoms with Crippen molar-refractivity contribution in [2.45, 2.75) is 30.2 Å². The number of carbonyl (C=O) groups excluding carboxylic acids is 1. The Morgan fingerprint density at radius 2 is 1.90 bits per heavy atom. The summed E-state index contributed by atoms with van der Waals surface area (Å²) in [6, 6.07) is 16.7. The molecule has 2 aromatic heterocycles. The number of rotatable bonds is 6. The Labute approximate surface area is 178 Å². The highest BCUT2D eigenvalue weighted by Gasteiger charge is 2.14. The van der Waals surface area contributed by atoms with Gasteiger partial charge in [0.2, 0.25) is 0 Å². The van der Waals surface area contributed by atoms with Crippen LogP contribution in [0.4, 0.5) is 5.69 Å². The number of nitrogens with zero attached hydrogens (tertiary/aromatic N) is 4. The van der Waals surface area contributed by atoms with Gasteiger partial charge in [-0.25, -0.2) is 4.98 Å². The van der Waals surface area contributed by atoms with Crippen molar-refractivity contribution in [3.05, 3.63) is 71.7 Å². The van der Waals surface area contributed by atoms with Crippen molar-refractivity contribution in [2.75, 3.05) is 12.4 Å². The number of fused-ring (bicyclic) bond motifs is 1. The topological polar surface area (TPSA) is 81.4 Å². The molecule has 0 saturated heterocycles. The van der Waals surface area contributed by atoms with Crippen molar-refractivity contribution in [3.8, 4) is 5.75 Å². The minimum absolute atomic E-state index is 0.184. The molecule has 2 heterocycles. The smallest absolute Gasteiger partial charge is 0.255 e. The lowest BCUT2D eigenvalue weighted by Gasteiger charge is -2.12. The molecule has 0 aliphatic rings. The molecule has 1 amide bonds. The van der Waals surface area contributed by atoms with Crippen LogP contribution in [0.2, 0.25) is 0 Å². The summed E-state index contributed by atoms with van der Waals surface area (Å²) in [6.45, 7) is 3.90. The number of ether oxygens (including phenoxy) is 1. The maximum absolute atomic E-state index is 12.7. The molecule has 0 saturated carbocycles. The average Bonchev–Trinajstić information content (AvgIpc) is 3.15. The first kappa shape index (κ1) is 19.9. The summed E-state index contributed by atoms with van der Waals surface area (Å²) in [4.78, 5) is 22.6. The number of anilines is 1. The molecular formula is C22H21N5O2S. The highest BCUT2D eigenvalue weighted by atomic mass is 32.2. The molecule has 4 rings (SSSR count). The zero-order valence-electron chi connectivity index (χ0n) is 16.9. The molecule has 0 aliphatic heterocycles. The van der Waals surface area contributed by atoms with Crippen LogP contribution in [-0.4, -0.2) is 32.6 Å². The predicted octanol–water partition coefficient (Wildman–Crippen LogP) is 4.41. The predicted molar refractivity (Wildman–Crippen MR) is 116 cm³/mol. The highest BCUT2D eigenvalue weighted by Crippen LogP contribution is 2.34. The first-order valence-electron chi connectivity index (χ1n) is 9.53. The van der Waals surface area contributed by atoms with Gasteiger partial charge in [0.15, 0.2) is 0 Å². The molecule has 1 N–H and O–H groups in total. The van der Waals surface area contributed by atoms with Crippen LogP contribution in [0.15, 0.2) is 64.5 Å². The van der Waals surface area contributed by atoms with E-state index in [2.05, 4.69) is 27.3 Å². The third-order valence-corrected chi connectivity index (χ3v) is 5.58. The van der Waals surface area contributed by atoms with Crippen LogP contribution in [0.5, 0.6) is 5.75 Å². The van der Waals surface area contributed by atoms with Crippen LogP contribution < -0.4 is 10.1 Å². The number of aryl methyl sites for hydroxylation is 2. The lowest BCUT2D eigenvalue weighted by Crippen LogP contribution is -2.12. The number of amides is 1. The Morgan fingerprint density at radius 3 is 2.63 bits per heavy atom. The Kier molecular flexibility index (Phi) is 5.67. The number of hydrogen-bond acceptors (Lipinski definition) is 6. The van der Waals surface area contributed by atoms with Crippen LogP contribution in [0, 0.1) is 6.92 Å². The van der Waals surface area contributed by atoms with Gasteiger partial charge in [-0.2, -0.15) is 9.50 Å².